The Morgan fingerprint density at radius 2 is 1.68 bits per heavy atom. The standard InChI is InChI=1S/C28H16BrCl2N3O3/c29-19-11-9-17(10-12-19)26-33-24-7-3-2-6-22(24)27(35)34(26)32-16-18-5-1-4-8-25(18)37-28(36)21-14-13-20(30)15-23(21)31/h1-16H. The molecule has 0 aliphatic carbocycles. The Morgan fingerprint density at radius 3 is 2.46 bits per heavy atom. The summed E-state index contributed by atoms with van der Waals surface area (Å²) >= 11 is 15.5. The van der Waals surface area contributed by atoms with Gasteiger partial charge in [-0.15, -0.1) is 0 Å². The van der Waals surface area contributed by atoms with Gasteiger partial charge in [-0.05, 0) is 54.6 Å². The largest absolute Gasteiger partial charge is 0.422 e. The Kier molecular flexibility index (Phi) is 7.19. The van der Waals surface area contributed by atoms with Crippen LogP contribution in [0.25, 0.3) is 22.3 Å². The molecule has 0 bridgehead atoms. The summed E-state index contributed by atoms with van der Waals surface area (Å²) in [5.74, 6) is -0.0354. The van der Waals surface area contributed by atoms with E-state index in [1.807, 2.05) is 30.3 Å². The highest BCUT2D eigenvalue weighted by atomic mass is 79.9. The van der Waals surface area contributed by atoms with Gasteiger partial charge in [-0.3, -0.25) is 4.79 Å². The molecule has 5 rings (SSSR count). The molecular formula is C28H16BrCl2N3O3. The first-order valence-electron chi connectivity index (χ1n) is 11.0. The fourth-order valence-corrected chi connectivity index (χ4v) is 4.38. The van der Waals surface area contributed by atoms with E-state index < -0.39 is 5.97 Å². The Balaban J connectivity index is 1.56. The zero-order chi connectivity index (χ0) is 25.9. The zero-order valence-electron chi connectivity index (χ0n) is 18.9. The van der Waals surface area contributed by atoms with Crippen LogP contribution in [-0.2, 0) is 0 Å². The highest BCUT2D eigenvalue weighted by Gasteiger charge is 2.16. The van der Waals surface area contributed by atoms with Crippen molar-refractivity contribution >= 4 is 62.2 Å². The van der Waals surface area contributed by atoms with Crippen LogP contribution < -0.4 is 10.3 Å². The van der Waals surface area contributed by atoms with Gasteiger partial charge in [0.15, 0.2) is 5.82 Å². The van der Waals surface area contributed by atoms with E-state index in [1.165, 1.54) is 23.0 Å². The Labute approximate surface area is 229 Å². The first-order valence-corrected chi connectivity index (χ1v) is 12.5. The van der Waals surface area contributed by atoms with Crippen LogP contribution in [0.4, 0.5) is 0 Å². The number of benzene rings is 4. The number of carbonyl (C=O) groups is 1. The van der Waals surface area contributed by atoms with Crippen molar-refractivity contribution in [2.24, 2.45) is 5.10 Å². The molecule has 0 fully saturated rings. The van der Waals surface area contributed by atoms with E-state index in [4.69, 9.17) is 32.9 Å². The molecule has 0 saturated carbocycles. The number of carbonyl (C=O) groups excluding carboxylic acids is 1. The van der Waals surface area contributed by atoms with Crippen molar-refractivity contribution in [3.8, 4) is 17.1 Å². The normalized spacial score (nSPS) is 11.2. The van der Waals surface area contributed by atoms with Crippen LogP contribution in [0, 0.1) is 0 Å². The molecule has 0 aliphatic heterocycles. The maximum atomic E-state index is 13.4. The summed E-state index contributed by atoms with van der Waals surface area (Å²) in [5, 5.41) is 5.48. The lowest BCUT2D eigenvalue weighted by Crippen LogP contribution is -2.20. The molecule has 182 valence electrons. The van der Waals surface area contributed by atoms with Crippen molar-refractivity contribution < 1.29 is 9.53 Å². The van der Waals surface area contributed by atoms with E-state index in [0.29, 0.717) is 32.9 Å². The van der Waals surface area contributed by atoms with E-state index in [-0.39, 0.29) is 21.9 Å². The van der Waals surface area contributed by atoms with Gasteiger partial charge in [0.2, 0.25) is 0 Å². The van der Waals surface area contributed by atoms with Gasteiger partial charge in [-0.1, -0.05) is 75.5 Å². The number of ether oxygens (including phenoxy) is 1. The number of hydrogen-bond acceptors (Lipinski definition) is 5. The van der Waals surface area contributed by atoms with Crippen molar-refractivity contribution in [1.82, 2.24) is 9.66 Å². The molecule has 0 aliphatic rings. The van der Waals surface area contributed by atoms with Crippen LogP contribution in [0.3, 0.4) is 0 Å². The smallest absolute Gasteiger partial charge is 0.345 e. The van der Waals surface area contributed by atoms with Crippen molar-refractivity contribution in [1.29, 1.82) is 0 Å². The quantitative estimate of drug-likeness (QED) is 0.122. The van der Waals surface area contributed by atoms with Crippen LogP contribution in [0.1, 0.15) is 15.9 Å². The average molecular weight is 593 g/mol. The number of aromatic nitrogens is 2. The second-order valence-electron chi connectivity index (χ2n) is 7.87. The third-order valence-corrected chi connectivity index (χ3v) is 6.52. The second-order valence-corrected chi connectivity index (χ2v) is 9.63. The molecule has 0 radical (unpaired) electrons. The van der Waals surface area contributed by atoms with E-state index in [1.54, 1.807) is 48.5 Å². The fourth-order valence-electron chi connectivity index (χ4n) is 3.63. The molecule has 0 atom stereocenters. The molecule has 1 aromatic heterocycles. The van der Waals surface area contributed by atoms with Gasteiger partial charge in [0.05, 0.1) is 27.7 Å². The molecule has 4 aromatic carbocycles. The van der Waals surface area contributed by atoms with Gasteiger partial charge in [0.25, 0.3) is 5.56 Å². The molecule has 1 heterocycles. The molecule has 0 amide bonds. The number of hydrogen-bond donors (Lipinski definition) is 0. The molecule has 37 heavy (non-hydrogen) atoms. The van der Waals surface area contributed by atoms with Gasteiger partial charge in [0.1, 0.15) is 5.75 Å². The number of esters is 1. The van der Waals surface area contributed by atoms with Crippen LogP contribution in [0.5, 0.6) is 5.75 Å². The minimum absolute atomic E-state index is 0.172. The molecule has 0 saturated heterocycles. The summed E-state index contributed by atoms with van der Waals surface area (Å²) in [6, 6.07) is 25.8. The van der Waals surface area contributed by atoms with Crippen LogP contribution >= 0.6 is 39.1 Å². The van der Waals surface area contributed by atoms with Gasteiger partial charge < -0.3 is 4.74 Å². The number of para-hydroxylation sites is 2. The lowest BCUT2D eigenvalue weighted by molar-refractivity contribution is 0.0734. The topological polar surface area (TPSA) is 73.5 Å². The zero-order valence-corrected chi connectivity index (χ0v) is 22.0. The summed E-state index contributed by atoms with van der Waals surface area (Å²) in [6.07, 6.45) is 1.45. The van der Waals surface area contributed by atoms with Gasteiger partial charge in [0, 0.05) is 20.6 Å². The van der Waals surface area contributed by atoms with E-state index in [2.05, 4.69) is 21.0 Å². The fraction of sp³-hybridized carbons (Fsp3) is 0. The van der Waals surface area contributed by atoms with E-state index in [0.717, 1.165) is 4.47 Å². The maximum absolute atomic E-state index is 13.4. The molecule has 9 heteroatoms. The molecule has 0 spiro atoms. The highest BCUT2D eigenvalue weighted by molar-refractivity contribution is 9.10. The van der Waals surface area contributed by atoms with Crippen molar-refractivity contribution in [2.45, 2.75) is 0 Å². The van der Waals surface area contributed by atoms with Gasteiger partial charge >= 0.3 is 5.97 Å². The third-order valence-electron chi connectivity index (χ3n) is 5.44. The lowest BCUT2D eigenvalue weighted by Gasteiger charge is -2.11. The van der Waals surface area contributed by atoms with Crippen molar-refractivity contribution in [3.05, 3.63) is 127 Å². The SMILES string of the molecule is O=C(Oc1ccccc1C=Nn1c(-c2ccc(Br)cc2)nc2ccccc2c1=O)c1ccc(Cl)cc1Cl. The summed E-state index contributed by atoms with van der Waals surface area (Å²) in [7, 11) is 0. The molecule has 0 N–H and O–H groups in total. The monoisotopic (exact) mass is 591 g/mol. The third kappa shape index (κ3) is 5.34. The van der Waals surface area contributed by atoms with Crippen LogP contribution in [0.15, 0.2) is 105 Å². The molecule has 0 unspecified atom stereocenters. The second kappa shape index (κ2) is 10.7. The Morgan fingerprint density at radius 1 is 0.946 bits per heavy atom. The summed E-state index contributed by atoms with van der Waals surface area (Å²) in [4.78, 5) is 30.9. The van der Waals surface area contributed by atoms with Crippen molar-refractivity contribution in [2.75, 3.05) is 0 Å². The minimum atomic E-state index is -0.650. The summed E-state index contributed by atoms with van der Waals surface area (Å²) in [5.41, 5.74) is 1.58. The molecular weight excluding hydrogens is 577 g/mol. The summed E-state index contributed by atoms with van der Waals surface area (Å²) < 4.78 is 7.73. The van der Waals surface area contributed by atoms with E-state index >= 15 is 0 Å². The number of nitrogens with zero attached hydrogens (tertiary/aromatic N) is 3. The first kappa shape index (κ1) is 24.9. The number of rotatable bonds is 5. The van der Waals surface area contributed by atoms with E-state index in [9.17, 15) is 9.59 Å². The maximum Gasteiger partial charge on any atom is 0.345 e. The van der Waals surface area contributed by atoms with Gasteiger partial charge in [-0.25, -0.2) is 9.78 Å². The predicted molar refractivity (Wildman–Crippen MR) is 150 cm³/mol. The Hall–Kier alpha value is -3.78. The summed E-state index contributed by atoms with van der Waals surface area (Å²) in [6.45, 7) is 0. The lowest BCUT2D eigenvalue weighted by atomic mass is 10.2. The minimum Gasteiger partial charge on any atom is -0.422 e. The number of halogens is 3. The average Bonchev–Trinajstić information content (AvgIpc) is 2.89. The molecule has 6 nitrogen and oxygen atoms in total. The number of fused-ring (bicyclic) bond motifs is 1. The first-order chi connectivity index (χ1) is 17.9. The Bertz CT molecular complexity index is 1730. The van der Waals surface area contributed by atoms with Gasteiger partial charge in [-0.2, -0.15) is 9.78 Å². The van der Waals surface area contributed by atoms with Crippen molar-refractivity contribution in [3.63, 3.8) is 0 Å². The van der Waals surface area contributed by atoms with Crippen LogP contribution in [0.2, 0.25) is 10.0 Å². The predicted octanol–water partition coefficient (Wildman–Crippen LogP) is 7.23. The highest BCUT2D eigenvalue weighted by Crippen LogP contribution is 2.25. The molecule has 5 aromatic rings. The van der Waals surface area contributed by atoms with Crippen LogP contribution in [-0.4, -0.2) is 21.8 Å².